The van der Waals surface area contributed by atoms with Crippen LogP contribution in [0.4, 0.5) is 5.69 Å². The summed E-state index contributed by atoms with van der Waals surface area (Å²) in [7, 11) is -3.56. The molecule has 0 bridgehead atoms. The van der Waals surface area contributed by atoms with Gasteiger partial charge in [0.1, 0.15) is 10.1 Å². The fourth-order valence-electron chi connectivity index (χ4n) is 1.45. The molecule has 0 aliphatic carbocycles. The van der Waals surface area contributed by atoms with Gasteiger partial charge < -0.3 is 5.32 Å². The van der Waals surface area contributed by atoms with Crippen molar-refractivity contribution in [3.63, 3.8) is 0 Å². The van der Waals surface area contributed by atoms with Gasteiger partial charge in [0.15, 0.2) is 9.84 Å². The van der Waals surface area contributed by atoms with E-state index < -0.39 is 21.0 Å². The van der Waals surface area contributed by atoms with Gasteiger partial charge in [0.05, 0.1) is 5.69 Å². The topological polar surface area (TPSA) is 63.2 Å². The molecule has 0 saturated carbocycles. The third-order valence-electron chi connectivity index (χ3n) is 2.34. The predicted octanol–water partition coefficient (Wildman–Crippen LogP) is 1.56. The highest BCUT2D eigenvalue weighted by molar-refractivity contribution is 9.10. The van der Waals surface area contributed by atoms with E-state index in [0.717, 1.165) is 0 Å². The van der Waals surface area contributed by atoms with Gasteiger partial charge in [0.2, 0.25) is 5.91 Å². The maximum absolute atomic E-state index is 11.9. The fourth-order valence-corrected chi connectivity index (χ4v) is 3.95. The third-order valence-corrected chi connectivity index (χ3v) is 5.42. The first-order chi connectivity index (χ1) is 6.94. The first-order valence-corrected chi connectivity index (χ1v) is 6.62. The molecular weight excluding hydrogens is 282 g/mol. The molecule has 1 N–H and O–H groups in total. The lowest BCUT2D eigenvalue weighted by Gasteiger charge is -2.22. The molecule has 1 aromatic carbocycles. The van der Waals surface area contributed by atoms with Gasteiger partial charge in [-0.15, -0.1) is 0 Å². The Hall–Kier alpha value is -0.880. The summed E-state index contributed by atoms with van der Waals surface area (Å²) in [5.41, 5.74) is 0.340. The van der Waals surface area contributed by atoms with Gasteiger partial charge in [0, 0.05) is 4.47 Å². The fraction of sp³-hybridized carbons (Fsp3) is 0.222. The van der Waals surface area contributed by atoms with E-state index in [-0.39, 0.29) is 4.90 Å². The molecule has 0 radical (unpaired) electrons. The number of halogens is 1. The zero-order chi connectivity index (χ0) is 11.2. The van der Waals surface area contributed by atoms with Crippen LogP contribution in [-0.2, 0) is 14.6 Å². The van der Waals surface area contributed by atoms with Crippen LogP contribution in [0.5, 0.6) is 0 Å². The van der Waals surface area contributed by atoms with E-state index >= 15 is 0 Å². The first-order valence-electron chi connectivity index (χ1n) is 4.28. The monoisotopic (exact) mass is 289 g/mol. The summed E-state index contributed by atoms with van der Waals surface area (Å²) in [6, 6.07) is 4.89. The van der Waals surface area contributed by atoms with Crippen molar-refractivity contribution < 1.29 is 13.2 Å². The minimum Gasteiger partial charge on any atom is -0.324 e. The van der Waals surface area contributed by atoms with Crippen LogP contribution in [0, 0.1) is 0 Å². The molecule has 1 atom stereocenters. The molecule has 1 aliphatic heterocycles. The van der Waals surface area contributed by atoms with Crippen LogP contribution in [0.25, 0.3) is 0 Å². The lowest BCUT2D eigenvalue weighted by Crippen LogP contribution is -2.37. The SMILES string of the molecule is CC1C(=O)Nc2cccc(Br)c2S1(=O)=O. The molecule has 1 amide bonds. The summed E-state index contributed by atoms with van der Waals surface area (Å²) in [5, 5.41) is 1.52. The van der Waals surface area contributed by atoms with Gasteiger partial charge >= 0.3 is 0 Å². The predicted molar refractivity (Wildman–Crippen MR) is 59.4 cm³/mol. The Bertz CT molecular complexity index is 538. The van der Waals surface area contributed by atoms with E-state index in [0.29, 0.717) is 10.2 Å². The van der Waals surface area contributed by atoms with E-state index in [1.165, 1.54) is 6.92 Å². The summed E-state index contributed by atoms with van der Waals surface area (Å²) in [4.78, 5) is 11.5. The molecule has 0 aromatic heterocycles. The van der Waals surface area contributed by atoms with Gasteiger partial charge in [-0.3, -0.25) is 4.79 Å². The second-order valence-corrected chi connectivity index (χ2v) is 6.35. The van der Waals surface area contributed by atoms with Gasteiger partial charge in [-0.1, -0.05) is 6.07 Å². The number of rotatable bonds is 0. The summed E-state index contributed by atoms with van der Waals surface area (Å²) < 4.78 is 24.4. The summed E-state index contributed by atoms with van der Waals surface area (Å²) in [6.45, 7) is 1.38. The molecule has 0 saturated heterocycles. The van der Waals surface area contributed by atoms with Crippen molar-refractivity contribution in [1.29, 1.82) is 0 Å². The summed E-state index contributed by atoms with van der Waals surface area (Å²) in [6.07, 6.45) is 0. The minimum atomic E-state index is -3.56. The van der Waals surface area contributed by atoms with E-state index in [4.69, 9.17) is 0 Å². The van der Waals surface area contributed by atoms with Gasteiger partial charge in [-0.2, -0.15) is 0 Å². The number of fused-ring (bicyclic) bond motifs is 1. The highest BCUT2D eigenvalue weighted by Crippen LogP contribution is 2.35. The van der Waals surface area contributed by atoms with Crippen LogP contribution in [0.1, 0.15) is 6.92 Å². The maximum Gasteiger partial charge on any atom is 0.242 e. The van der Waals surface area contributed by atoms with Crippen molar-refractivity contribution in [2.24, 2.45) is 0 Å². The first kappa shape index (κ1) is 10.6. The van der Waals surface area contributed by atoms with Crippen molar-refractivity contribution in [3.8, 4) is 0 Å². The minimum absolute atomic E-state index is 0.164. The highest BCUT2D eigenvalue weighted by atomic mass is 79.9. The molecule has 1 heterocycles. The maximum atomic E-state index is 11.9. The molecule has 0 spiro atoms. The van der Waals surface area contributed by atoms with Crippen LogP contribution < -0.4 is 5.32 Å². The van der Waals surface area contributed by atoms with Gasteiger partial charge in [-0.05, 0) is 35.0 Å². The molecule has 0 fully saturated rings. The van der Waals surface area contributed by atoms with Crippen LogP contribution in [0.3, 0.4) is 0 Å². The van der Waals surface area contributed by atoms with E-state index in [2.05, 4.69) is 21.2 Å². The molecule has 1 aliphatic rings. The average molecular weight is 290 g/mol. The lowest BCUT2D eigenvalue weighted by molar-refractivity contribution is -0.115. The summed E-state index contributed by atoms with van der Waals surface area (Å²) >= 11 is 3.17. The molecule has 15 heavy (non-hydrogen) atoms. The van der Waals surface area contributed by atoms with Crippen LogP contribution >= 0.6 is 15.9 Å². The standard InChI is InChI=1S/C9H8BrNO3S/c1-5-9(12)11-7-4-2-3-6(10)8(7)15(5,13)14/h2-5H,1H3,(H,11,12). The number of amides is 1. The Morgan fingerprint density at radius 1 is 1.40 bits per heavy atom. The second kappa shape index (κ2) is 3.31. The highest BCUT2D eigenvalue weighted by Gasteiger charge is 2.37. The number of hydrogen-bond acceptors (Lipinski definition) is 3. The van der Waals surface area contributed by atoms with Crippen molar-refractivity contribution in [3.05, 3.63) is 22.7 Å². The van der Waals surface area contributed by atoms with Crippen LogP contribution in [-0.4, -0.2) is 19.6 Å². The van der Waals surface area contributed by atoms with E-state index in [9.17, 15) is 13.2 Å². The zero-order valence-electron chi connectivity index (χ0n) is 7.82. The molecule has 6 heteroatoms. The Morgan fingerprint density at radius 2 is 2.07 bits per heavy atom. The molecular formula is C9H8BrNO3S. The Kier molecular flexibility index (Phi) is 2.35. The van der Waals surface area contributed by atoms with Crippen molar-refractivity contribution in [1.82, 2.24) is 0 Å². The number of nitrogens with one attached hydrogen (secondary N) is 1. The number of carbonyl (C=O) groups is 1. The number of carbonyl (C=O) groups excluding carboxylic acids is 1. The second-order valence-electron chi connectivity index (χ2n) is 3.29. The third kappa shape index (κ3) is 1.48. The van der Waals surface area contributed by atoms with Gasteiger partial charge in [-0.25, -0.2) is 8.42 Å². The smallest absolute Gasteiger partial charge is 0.242 e. The molecule has 2 rings (SSSR count). The quantitative estimate of drug-likeness (QED) is 0.788. The zero-order valence-corrected chi connectivity index (χ0v) is 10.2. The number of anilines is 1. The largest absolute Gasteiger partial charge is 0.324 e. The Balaban J connectivity index is 2.79. The lowest BCUT2D eigenvalue weighted by atomic mass is 10.3. The van der Waals surface area contributed by atoms with E-state index in [1.54, 1.807) is 18.2 Å². The number of benzene rings is 1. The molecule has 80 valence electrons. The molecule has 1 unspecified atom stereocenters. The molecule has 1 aromatic rings. The van der Waals surface area contributed by atoms with Crippen LogP contribution in [0.2, 0.25) is 0 Å². The van der Waals surface area contributed by atoms with E-state index in [1.807, 2.05) is 0 Å². The average Bonchev–Trinajstić information content (AvgIpc) is 2.14. The van der Waals surface area contributed by atoms with Gasteiger partial charge in [0.25, 0.3) is 0 Å². The number of hydrogen-bond donors (Lipinski definition) is 1. The van der Waals surface area contributed by atoms with Crippen LogP contribution in [0.15, 0.2) is 27.6 Å². The Labute approximate surface area is 95.7 Å². The summed E-state index contributed by atoms with van der Waals surface area (Å²) in [5.74, 6) is -0.486. The normalized spacial score (nSPS) is 23.1. The van der Waals surface area contributed by atoms with Crippen molar-refractivity contribution in [2.45, 2.75) is 17.1 Å². The molecule has 4 nitrogen and oxygen atoms in total. The Morgan fingerprint density at radius 3 is 2.73 bits per heavy atom. The van der Waals surface area contributed by atoms with Crippen molar-refractivity contribution >= 4 is 37.4 Å². The number of sulfone groups is 1. The van der Waals surface area contributed by atoms with Crippen molar-refractivity contribution in [2.75, 3.05) is 5.32 Å².